The van der Waals surface area contributed by atoms with Gasteiger partial charge in [0.1, 0.15) is 0 Å². The molecular weight excluding hydrogens is 279 g/mol. The number of nitrogens with two attached hydrogens (primary N) is 1. The molecule has 0 bridgehead atoms. The van der Waals surface area contributed by atoms with Gasteiger partial charge < -0.3 is 5.73 Å². The maximum Gasteiger partial charge on any atom is 0.416 e. The van der Waals surface area contributed by atoms with Gasteiger partial charge in [0.05, 0.1) is 5.56 Å². The minimum atomic E-state index is -4.40. The lowest BCUT2D eigenvalue weighted by molar-refractivity contribution is -0.137. The van der Waals surface area contributed by atoms with Crippen LogP contribution in [0.3, 0.4) is 0 Å². The maximum atomic E-state index is 12.5. The van der Waals surface area contributed by atoms with Crippen LogP contribution in [-0.4, -0.2) is 5.78 Å². The number of carbonyl (C=O) groups is 1. The van der Waals surface area contributed by atoms with Gasteiger partial charge in [-0.25, -0.2) is 0 Å². The van der Waals surface area contributed by atoms with E-state index in [1.165, 1.54) is 12.1 Å². The summed E-state index contributed by atoms with van der Waals surface area (Å²) in [4.78, 5) is 12.0. The van der Waals surface area contributed by atoms with Crippen LogP contribution in [0.4, 0.5) is 18.9 Å². The van der Waals surface area contributed by atoms with Crippen LogP contribution in [0.15, 0.2) is 42.5 Å². The zero-order chi connectivity index (χ0) is 15.6. The first kappa shape index (κ1) is 15.1. The van der Waals surface area contributed by atoms with E-state index in [-0.39, 0.29) is 17.8 Å². The van der Waals surface area contributed by atoms with Crippen LogP contribution >= 0.6 is 0 Å². The molecule has 0 aromatic heterocycles. The first-order chi connectivity index (χ1) is 9.77. The van der Waals surface area contributed by atoms with E-state index in [1.807, 2.05) is 13.0 Å². The number of halogens is 3. The van der Waals surface area contributed by atoms with Crippen molar-refractivity contribution in [1.82, 2.24) is 0 Å². The number of rotatable bonds is 3. The standard InChI is InChI=1S/C16H14F3NO/c1-10-2-3-11(8-14(10)20)9-15(21)12-4-6-13(7-5-12)16(17,18)19/h2-8H,9,20H2,1H3. The number of anilines is 1. The van der Waals surface area contributed by atoms with Crippen molar-refractivity contribution < 1.29 is 18.0 Å². The van der Waals surface area contributed by atoms with Crippen molar-refractivity contribution in [3.05, 3.63) is 64.7 Å². The Bertz CT molecular complexity index is 660. The Morgan fingerprint density at radius 2 is 1.71 bits per heavy atom. The quantitative estimate of drug-likeness (QED) is 0.686. The van der Waals surface area contributed by atoms with Gasteiger partial charge in [-0.15, -0.1) is 0 Å². The molecule has 0 saturated carbocycles. The second kappa shape index (κ2) is 5.60. The molecular formula is C16H14F3NO. The zero-order valence-electron chi connectivity index (χ0n) is 11.4. The molecule has 0 aliphatic heterocycles. The molecule has 0 aliphatic carbocycles. The van der Waals surface area contributed by atoms with E-state index in [2.05, 4.69) is 0 Å². The number of hydrogen-bond acceptors (Lipinski definition) is 2. The van der Waals surface area contributed by atoms with Crippen molar-refractivity contribution in [3.63, 3.8) is 0 Å². The van der Waals surface area contributed by atoms with E-state index < -0.39 is 11.7 Å². The van der Waals surface area contributed by atoms with Crippen molar-refractivity contribution in [1.29, 1.82) is 0 Å². The molecule has 2 aromatic carbocycles. The molecule has 0 radical (unpaired) electrons. The van der Waals surface area contributed by atoms with Crippen molar-refractivity contribution in [3.8, 4) is 0 Å². The number of alkyl halides is 3. The third kappa shape index (κ3) is 3.62. The first-order valence-electron chi connectivity index (χ1n) is 6.33. The van der Waals surface area contributed by atoms with Crippen molar-refractivity contribution in [2.24, 2.45) is 0 Å². The summed E-state index contributed by atoms with van der Waals surface area (Å²) in [6.45, 7) is 1.86. The lowest BCUT2D eigenvalue weighted by Crippen LogP contribution is -2.07. The molecule has 0 aliphatic rings. The predicted molar refractivity (Wildman–Crippen MR) is 75.1 cm³/mol. The Morgan fingerprint density at radius 1 is 1.10 bits per heavy atom. The normalized spacial score (nSPS) is 11.4. The monoisotopic (exact) mass is 293 g/mol. The lowest BCUT2D eigenvalue weighted by atomic mass is 10.0. The Balaban J connectivity index is 2.15. The first-order valence-corrected chi connectivity index (χ1v) is 6.33. The minimum Gasteiger partial charge on any atom is -0.399 e. The molecule has 5 heteroatoms. The SMILES string of the molecule is Cc1ccc(CC(=O)c2ccc(C(F)(F)F)cc2)cc1N. The summed E-state index contributed by atoms with van der Waals surface area (Å²) in [7, 11) is 0. The molecule has 0 spiro atoms. The number of benzene rings is 2. The van der Waals surface area contributed by atoms with Crippen LogP contribution in [0.25, 0.3) is 0 Å². The number of hydrogen-bond donors (Lipinski definition) is 1. The highest BCUT2D eigenvalue weighted by Gasteiger charge is 2.30. The summed E-state index contributed by atoms with van der Waals surface area (Å²) >= 11 is 0. The highest BCUT2D eigenvalue weighted by Crippen LogP contribution is 2.29. The molecule has 0 amide bonds. The van der Waals surface area contributed by atoms with Gasteiger partial charge in [-0.1, -0.05) is 24.3 Å². The fraction of sp³-hybridized carbons (Fsp3) is 0.188. The number of Topliss-reactive ketones (excluding diaryl/α,β-unsaturated/α-hetero) is 1. The average molecular weight is 293 g/mol. The van der Waals surface area contributed by atoms with Gasteiger partial charge >= 0.3 is 6.18 Å². The van der Waals surface area contributed by atoms with Crippen LogP contribution in [0.5, 0.6) is 0 Å². The van der Waals surface area contributed by atoms with E-state index in [0.717, 1.165) is 23.3 Å². The summed E-state index contributed by atoms with van der Waals surface area (Å²) in [5.41, 5.74) is 7.50. The highest BCUT2D eigenvalue weighted by molar-refractivity contribution is 5.97. The Morgan fingerprint density at radius 3 is 2.24 bits per heavy atom. The van der Waals surface area contributed by atoms with Crippen LogP contribution in [0, 0.1) is 6.92 Å². The highest BCUT2D eigenvalue weighted by atomic mass is 19.4. The Kier molecular flexibility index (Phi) is 4.02. The van der Waals surface area contributed by atoms with Gasteiger partial charge in [0.2, 0.25) is 0 Å². The lowest BCUT2D eigenvalue weighted by Gasteiger charge is -2.08. The molecule has 2 N–H and O–H groups in total. The number of carbonyl (C=O) groups excluding carboxylic acids is 1. The maximum absolute atomic E-state index is 12.5. The van der Waals surface area contributed by atoms with Crippen LogP contribution in [-0.2, 0) is 12.6 Å². The third-order valence-corrected chi connectivity index (χ3v) is 3.24. The molecule has 0 saturated heterocycles. The van der Waals surface area contributed by atoms with Gasteiger partial charge in [0.15, 0.2) is 5.78 Å². The van der Waals surface area contributed by atoms with Crippen LogP contribution in [0.1, 0.15) is 27.0 Å². The molecule has 21 heavy (non-hydrogen) atoms. The van der Waals surface area contributed by atoms with Crippen LogP contribution < -0.4 is 5.73 Å². The second-order valence-electron chi connectivity index (χ2n) is 4.87. The summed E-state index contributed by atoms with van der Waals surface area (Å²) in [5.74, 6) is -0.244. The molecule has 2 nitrogen and oxygen atoms in total. The van der Waals surface area contributed by atoms with Crippen molar-refractivity contribution >= 4 is 11.5 Å². The molecule has 0 atom stereocenters. The smallest absolute Gasteiger partial charge is 0.399 e. The summed E-state index contributed by atoms with van der Waals surface area (Å²) < 4.78 is 37.4. The summed E-state index contributed by atoms with van der Waals surface area (Å²) in [6.07, 6.45) is -4.29. The minimum absolute atomic E-state index is 0.107. The van der Waals surface area contributed by atoms with E-state index in [4.69, 9.17) is 5.73 Å². The fourth-order valence-corrected chi connectivity index (χ4v) is 1.93. The van der Waals surface area contributed by atoms with E-state index >= 15 is 0 Å². The molecule has 110 valence electrons. The van der Waals surface area contributed by atoms with Gasteiger partial charge in [-0.2, -0.15) is 13.2 Å². The summed E-state index contributed by atoms with van der Waals surface area (Å²) in [5, 5.41) is 0. The summed E-state index contributed by atoms with van der Waals surface area (Å²) in [6, 6.07) is 9.52. The number of ketones is 1. The molecule has 0 heterocycles. The molecule has 2 aromatic rings. The molecule has 0 fully saturated rings. The van der Waals surface area contributed by atoms with E-state index in [1.54, 1.807) is 12.1 Å². The third-order valence-electron chi connectivity index (χ3n) is 3.24. The van der Waals surface area contributed by atoms with E-state index in [9.17, 15) is 18.0 Å². The van der Waals surface area contributed by atoms with Gasteiger partial charge in [0, 0.05) is 17.7 Å². The molecule has 2 rings (SSSR count). The average Bonchev–Trinajstić information content (AvgIpc) is 2.42. The Hall–Kier alpha value is -2.30. The Labute approximate surface area is 120 Å². The number of nitrogen functional groups attached to an aromatic ring is 1. The van der Waals surface area contributed by atoms with E-state index in [0.29, 0.717) is 5.69 Å². The van der Waals surface area contributed by atoms with Gasteiger partial charge in [0.25, 0.3) is 0 Å². The van der Waals surface area contributed by atoms with Crippen LogP contribution in [0.2, 0.25) is 0 Å². The topological polar surface area (TPSA) is 43.1 Å². The zero-order valence-corrected chi connectivity index (χ0v) is 11.4. The van der Waals surface area contributed by atoms with Gasteiger partial charge in [-0.3, -0.25) is 4.79 Å². The van der Waals surface area contributed by atoms with Crippen molar-refractivity contribution in [2.45, 2.75) is 19.5 Å². The molecule has 0 unspecified atom stereocenters. The largest absolute Gasteiger partial charge is 0.416 e. The van der Waals surface area contributed by atoms with Crippen molar-refractivity contribution in [2.75, 3.05) is 5.73 Å². The fourth-order valence-electron chi connectivity index (χ4n) is 1.93. The second-order valence-corrected chi connectivity index (χ2v) is 4.87. The van der Waals surface area contributed by atoms with Gasteiger partial charge in [-0.05, 0) is 36.2 Å². The predicted octanol–water partition coefficient (Wildman–Crippen LogP) is 4.02. The number of aryl methyl sites for hydroxylation is 1.